The van der Waals surface area contributed by atoms with Crippen molar-refractivity contribution in [2.24, 2.45) is 5.92 Å². The van der Waals surface area contributed by atoms with Gasteiger partial charge in [-0.3, -0.25) is 4.98 Å². The first kappa shape index (κ1) is 15.0. The second-order valence-electron chi connectivity index (χ2n) is 4.83. The van der Waals surface area contributed by atoms with Crippen molar-refractivity contribution in [1.29, 1.82) is 0 Å². The number of pyridine rings is 1. The average Bonchev–Trinajstić information content (AvgIpc) is 2.37. The molecule has 3 heteroatoms. The molecule has 1 rings (SSSR count). The van der Waals surface area contributed by atoms with E-state index in [2.05, 4.69) is 31.1 Å². The molecule has 102 valence electrons. The number of methoxy groups -OCH3 is 1. The minimum absolute atomic E-state index is 0.642. The Morgan fingerprint density at radius 1 is 1.33 bits per heavy atom. The van der Waals surface area contributed by atoms with Crippen molar-refractivity contribution < 1.29 is 4.74 Å². The first-order valence-corrected chi connectivity index (χ1v) is 6.83. The summed E-state index contributed by atoms with van der Waals surface area (Å²) in [6.45, 7) is 10.6. The molecule has 0 bridgehead atoms. The Morgan fingerprint density at radius 2 is 2.06 bits per heavy atom. The van der Waals surface area contributed by atoms with E-state index in [1.54, 1.807) is 7.11 Å². The second-order valence-corrected chi connectivity index (χ2v) is 4.83. The maximum Gasteiger partial charge on any atom is 0.128 e. The number of aryl methyl sites for hydroxylation is 1. The first-order valence-electron chi connectivity index (χ1n) is 6.83. The van der Waals surface area contributed by atoms with Crippen LogP contribution in [0.15, 0.2) is 6.20 Å². The van der Waals surface area contributed by atoms with E-state index in [-0.39, 0.29) is 0 Å². The van der Waals surface area contributed by atoms with Crippen molar-refractivity contribution in [2.45, 2.75) is 40.5 Å². The number of hydrogen-bond donors (Lipinski definition) is 1. The van der Waals surface area contributed by atoms with E-state index in [0.717, 1.165) is 30.8 Å². The minimum atomic E-state index is 0.642. The SMILES string of the molecule is CCNCC(CC)Cc1ncc(C)c(OC)c1C. The third-order valence-corrected chi connectivity index (χ3v) is 3.49. The van der Waals surface area contributed by atoms with Gasteiger partial charge >= 0.3 is 0 Å². The molecule has 1 aromatic heterocycles. The van der Waals surface area contributed by atoms with Gasteiger partial charge in [0.05, 0.1) is 7.11 Å². The van der Waals surface area contributed by atoms with Gasteiger partial charge in [-0.2, -0.15) is 0 Å². The molecule has 0 spiro atoms. The summed E-state index contributed by atoms with van der Waals surface area (Å²) in [5.41, 5.74) is 3.47. The molecule has 1 N–H and O–H groups in total. The van der Waals surface area contributed by atoms with Crippen LogP contribution in [0.5, 0.6) is 5.75 Å². The van der Waals surface area contributed by atoms with Gasteiger partial charge in [-0.15, -0.1) is 0 Å². The van der Waals surface area contributed by atoms with Gasteiger partial charge < -0.3 is 10.1 Å². The van der Waals surface area contributed by atoms with E-state index >= 15 is 0 Å². The molecular formula is C15H26N2O. The van der Waals surface area contributed by atoms with E-state index < -0.39 is 0 Å². The van der Waals surface area contributed by atoms with Crippen molar-refractivity contribution in [3.63, 3.8) is 0 Å². The number of hydrogen-bond acceptors (Lipinski definition) is 3. The van der Waals surface area contributed by atoms with Crippen molar-refractivity contribution >= 4 is 0 Å². The topological polar surface area (TPSA) is 34.2 Å². The van der Waals surface area contributed by atoms with E-state index in [1.165, 1.54) is 17.7 Å². The number of nitrogens with one attached hydrogen (secondary N) is 1. The molecule has 0 saturated carbocycles. The monoisotopic (exact) mass is 250 g/mol. The third-order valence-electron chi connectivity index (χ3n) is 3.49. The van der Waals surface area contributed by atoms with Crippen molar-refractivity contribution in [3.8, 4) is 5.75 Å². The van der Waals surface area contributed by atoms with E-state index in [9.17, 15) is 0 Å². The smallest absolute Gasteiger partial charge is 0.128 e. The summed E-state index contributed by atoms with van der Waals surface area (Å²) in [6.07, 6.45) is 4.11. The van der Waals surface area contributed by atoms with Crippen LogP contribution in [0.3, 0.4) is 0 Å². The zero-order valence-corrected chi connectivity index (χ0v) is 12.3. The van der Waals surface area contributed by atoms with E-state index in [0.29, 0.717) is 5.92 Å². The molecule has 1 heterocycles. The van der Waals surface area contributed by atoms with Crippen molar-refractivity contribution in [3.05, 3.63) is 23.0 Å². The largest absolute Gasteiger partial charge is 0.496 e. The van der Waals surface area contributed by atoms with Gasteiger partial charge in [0.2, 0.25) is 0 Å². The van der Waals surface area contributed by atoms with Gasteiger partial charge in [-0.05, 0) is 39.3 Å². The van der Waals surface area contributed by atoms with Gasteiger partial charge in [-0.1, -0.05) is 20.3 Å². The zero-order chi connectivity index (χ0) is 13.5. The highest BCUT2D eigenvalue weighted by atomic mass is 16.5. The molecule has 0 amide bonds. The van der Waals surface area contributed by atoms with Crippen molar-refractivity contribution in [2.75, 3.05) is 20.2 Å². The molecule has 0 aliphatic heterocycles. The molecule has 0 saturated heterocycles. The standard InChI is InChI=1S/C15H26N2O/c1-6-13(10-16-7-2)8-14-12(4)15(18-5)11(3)9-17-14/h9,13,16H,6-8,10H2,1-5H3. The van der Waals surface area contributed by atoms with Gasteiger partial charge in [0.25, 0.3) is 0 Å². The lowest BCUT2D eigenvalue weighted by Gasteiger charge is -2.18. The molecule has 1 unspecified atom stereocenters. The molecule has 0 aliphatic rings. The molecule has 0 fully saturated rings. The quantitative estimate of drug-likeness (QED) is 0.808. The van der Waals surface area contributed by atoms with E-state index in [1.807, 2.05) is 13.1 Å². The Kier molecular flexibility index (Phi) is 6.13. The fraction of sp³-hybridized carbons (Fsp3) is 0.667. The second kappa shape index (κ2) is 7.37. The summed E-state index contributed by atoms with van der Waals surface area (Å²) in [5, 5.41) is 3.42. The predicted molar refractivity (Wildman–Crippen MR) is 76.3 cm³/mol. The number of ether oxygens (including phenoxy) is 1. The summed E-state index contributed by atoms with van der Waals surface area (Å²) in [5.74, 6) is 1.63. The van der Waals surface area contributed by atoms with Crippen LogP contribution in [0.25, 0.3) is 0 Å². The van der Waals surface area contributed by atoms with Crippen molar-refractivity contribution in [1.82, 2.24) is 10.3 Å². The molecule has 3 nitrogen and oxygen atoms in total. The molecule has 0 aliphatic carbocycles. The van der Waals surface area contributed by atoms with Gasteiger partial charge in [-0.25, -0.2) is 0 Å². The Labute approximate surface area is 111 Å². The number of rotatable bonds is 7. The Morgan fingerprint density at radius 3 is 2.61 bits per heavy atom. The summed E-state index contributed by atoms with van der Waals surface area (Å²) >= 11 is 0. The van der Waals surface area contributed by atoms with Gasteiger partial charge in [0.1, 0.15) is 5.75 Å². The van der Waals surface area contributed by atoms with E-state index in [4.69, 9.17) is 4.74 Å². The van der Waals surface area contributed by atoms with Crippen LogP contribution >= 0.6 is 0 Å². The average molecular weight is 250 g/mol. The predicted octanol–water partition coefficient (Wildman–Crippen LogP) is 2.89. The summed E-state index contributed by atoms with van der Waals surface area (Å²) in [6, 6.07) is 0. The zero-order valence-electron chi connectivity index (χ0n) is 12.3. The van der Waals surface area contributed by atoms with Crippen LogP contribution in [-0.4, -0.2) is 25.2 Å². The summed E-state index contributed by atoms with van der Waals surface area (Å²) in [7, 11) is 1.73. The Balaban J connectivity index is 2.83. The number of nitrogens with zero attached hydrogens (tertiary/aromatic N) is 1. The maximum atomic E-state index is 5.46. The molecule has 1 atom stereocenters. The lowest BCUT2D eigenvalue weighted by molar-refractivity contribution is 0.404. The summed E-state index contributed by atoms with van der Waals surface area (Å²) < 4.78 is 5.46. The lowest BCUT2D eigenvalue weighted by Crippen LogP contribution is -2.24. The van der Waals surface area contributed by atoms with Crippen LogP contribution < -0.4 is 10.1 Å². The highest BCUT2D eigenvalue weighted by Gasteiger charge is 2.13. The van der Waals surface area contributed by atoms with Gasteiger partial charge in [0.15, 0.2) is 0 Å². The van der Waals surface area contributed by atoms with Crippen LogP contribution in [0.1, 0.15) is 37.1 Å². The van der Waals surface area contributed by atoms with Crippen LogP contribution in [-0.2, 0) is 6.42 Å². The van der Waals surface area contributed by atoms with Crippen LogP contribution in [0, 0.1) is 19.8 Å². The first-order chi connectivity index (χ1) is 8.63. The molecule has 1 aromatic rings. The fourth-order valence-corrected chi connectivity index (χ4v) is 2.26. The minimum Gasteiger partial charge on any atom is -0.496 e. The summed E-state index contributed by atoms with van der Waals surface area (Å²) in [4.78, 5) is 4.57. The maximum absolute atomic E-state index is 5.46. The van der Waals surface area contributed by atoms with Gasteiger partial charge in [0, 0.05) is 23.0 Å². The fourth-order valence-electron chi connectivity index (χ4n) is 2.26. The normalized spacial score (nSPS) is 12.5. The molecule has 18 heavy (non-hydrogen) atoms. The highest BCUT2D eigenvalue weighted by molar-refractivity contribution is 5.41. The van der Waals surface area contributed by atoms with Crippen LogP contribution in [0.2, 0.25) is 0 Å². The lowest BCUT2D eigenvalue weighted by atomic mass is 9.97. The Hall–Kier alpha value is -1.09. The third kappa shape index (κ3) is 3.70. The number of aromatic nitrogens is 1. The molecule has 0 radical (unpaired) electrons. The Bertz CT molecular complexity index is 377. The van der Waals surface area contributed by atoms with Crippen LogP contribution in [0.4, 0.5) is 0 Å². The highest BCUT2D eigenvalue weighted by Crippen LogP contribution is 2.25. The molecular weight excluding hydrogens is 224 g/mol. The molecule has 0 aromatic carbocycles.